The van der Waals surface area contributed by atoms with Crippen LogP contribution in [0.5, 0.6) is 0 Å². The molecule has 62 valence electrons. The van der Waals surface area contributed by atoms with Gasteiger partial charge < -0.3 is 10.2 Å². The fourth-order valence-corrected chi connectivity index (χ4v) is 0.862. The van der Waals surface area contributed by atoms with Gasteiger partial charge in [-0.3, -0.25) is 14.9 Å². The van der Waals surface area contributed by atoms with Crippen molar-refractivity contribution in [2.45, 2.75) is 18.4 Å². The lowest BCUT2D eigenvalue weighted by Gasteiger charge is -2.03. The third kappa shape index (κ3) is 1.68. The van der Waals surface area contributed by atoms with E-state index in [1.807, 2.05) is 0 Å². The molecule has 0 radical (unpaired) electrons. The summed E-state index contributed by atoms with van der Waals surface area (Å²) in [6.45, 7) is 0.385. The second-order valence-electron chi connectivity index (χ2n) is 2.63. The average Bonchev–Trinajstić information content (AvgIpc) is 2.63. The summed E-state index contributed by atoms with van der Waals surface area (Å²) >= 11 is 0. The first kappa shape index (κ1) is 8.00. The largest absolute Gasteiger partial charge is 0.481 e. The molecule has 0 aromatic rings. The van der Waals surface area contributed by atoms with Gasteiger partial charge in [-0.05, 0) is 6.42 Å². The minimum atomic E-state index is -0.959. The van der Waals surface area contributed by atoms with Crippen LogP contribution in [0.15, 0.2) is 0 Å². The molecule has 0 amide bonds. The van der Waals surface area contributed by atoms with E-state index in [-0.39, 0.29) is 12.8 Å². The minimum absolute atomic E-state index is 0.0979. The van der Waals surface area contributed by atoms with E-state index >= 15 is 0 Å². The Labute approximate surface area is 63.0 Å². The number of carbonyl (C=O) groups is 2. The van der Waals surface area contributed by atoms with Crippen molar-refractivity contribution >= 4 is 11.9 Å². The molecule has 1 aliphatic heterocycles. The van der Waals surface area contributed by atoms with Crippen LogP contribution in [0, 0.1) is 0 Å². The molecule has 5 nitrogen and oxygen atoms in total. The molecule has 0 aromatic heterocycles. The molecule has 1 unspecified atom stereocenters. The summed E-state index contributed by atoms with van der Waals surface area (Å²) in [5.41, 5.74) is -0.932. The van der Waals surface area contributed by atoms with Gasteiger partial charge in [-0.2, -0.15) is 0 Å². The fourth-order valence-electron chi connectivity index (χ4n) is 0.862. The van der Waals surface area contributed by atoms with E-state index in [1.165, 1.54) is 0 Å². The molecule has 1 fully saturated rings. The van der Waals surface area contributed by atoms with E-state index in [1.54, 1.807) is 0 Å². The number of rotatable bonds is 4. The molecule has 3 N–H and O–H groups in total. The van der Waals surface area contributed by atoms with Gasteiger partial charge in [-0.25, -0.2) is 0 Å². The predicted molar refractivity (Wildman–Crippen MR) is 35.2 cm³/mol. The average molecular weight is 159 g/mol. The molecule has 0 aliphatic carbocycles. The highest BCUT2D eigenvalue weighted by molar-refractivity contribution is 5.83. The lowest BCUT2D eigenvalue weighted by Crippen LogP contribution is -2.28. The summed E-state index contributed by atoms with van der Waals surface area (Å²) in [7, 11) is 0. The molecule has 5 heteroatoms. The quantitative estimate of drug-likeness (QED) is 0.470. The molecule has 1 heterocycles. The van der Waals surface area contributed by atoms with Crippen molar-refractivity contribution in [1.82, 2.24) is 5.32 Å². The van der Waals surface area contributed by atoms with Gasteiger partial charge in [0.15, 0.2) is 0 Å². The Morgan fingerprint density at radius 1 is 1.45 bits per heavy atom. The zero-order chi connectivity index (χ0) is 8.48. The Hall–Kier alpha value is -1.10. The number of carboxylic acids is 2. The van der Waals surface area contributed by atoms with Gasteiger partial charge in [-0.1, -0.05) is 0 Å². The first-order valence-corrected chi connectivity index (χ1v) is 3.27. The smallest absolute Gasteiger partial charge is 0.325 e. The van der Waals surface area contributed by atoms with Crippen LogP contribution in [0.3, 0.4) is 0 Å². The number of nitrogens with one attached hydrogen (secondary N) is 1. The standard InChI is InChI=1S/C6H9NO4/c8-4(9)1-2-6(3-7-6)5(10)11/h7H,1-3H2,(H,8,9)(H,10,11). The number of hydrogen-bond donors (Lipinski definition) is 3. The summed E-state index contributed by atoms with van der Waals surface area (Å²) in [6.07, 6.45) is 0.0664. The molecule has 0 spiro atoms. The van der Waals surface area contributed by atoms with Gasteiger partial charge in [0.25, 0.3) is 0 Å². The van der Waals surface area contributed by atoms with E-state index in [2.05, 4.69) is 5.32 Å². The highest BCUT2D eigenvalue weighted by Crippen LogP contribution is 2.23. The van der Waals surface area contributed by atoms with Crippen molar-refractivity contribution in [3.8, 4) is 0 Å². The Bertz CT molecular complexity index is 197. The van der Waals surface area contributed by atoms with Crippen LogP contribution in [-0.2, 0) is 9.59 Å². The molecule has 0 saturated carbocycles. The molecule has 0 aromatic carbocycles. The molecular formula is C6H9NO4. The highest BCUT2D eigenvalue weighted by Gasteiger charge is 2.49. The third-order valence-electron chi connectivity index (χ3n) is 1.78. The second-order valence-corrected chi connectivity index (χ2v) is 2.63. The summed E-state index contributed by atoms with van der Waals surface area (Å²) in [4.78, 5) is 20.5. The van der Waals surface area contributed by atoms with E-state index in [9.17, 15) is 9.59 Å². The lowest BCUT2D eigenvalue weighted by molar-refractivity contribution is -0.141. The van der Waals surface area contributed by atoms with Gasteiger partial charge in [0.2, 0.25) is 0 Å². The maximum Gasteiger partial charge on any atom is 0.325 e. The Balaban J connectivity index is 2.36. The zero-order valence-electron chi connectivity index (χ0n) is 5.83. The Morgan fingerprint density at radius 3 is 2.27 bits per heavy atom. The second kappa shape index (κ2) is 2.50. The summed E-state index contributed by atoms with van der Waals surface area (Å²) in [5, 5.41) is 19.5. The van der Waals surface area contributed by atoms with Crippen LogP contribution >= 0.6 is 0 Å². The van der Waals surface area contributed by atoms with Crippen molar-refractivity contribution in [3.05, 3.63) is 0 Å². The molecular weight excluding hydrogens is 150 g/mol. The van der Waals surface area contributed by atoms with Crippen molar-refractivity contribution in [3.63, 3.8) is 0 Å². The van der Waals surface area contributed by atoms with Crippen molar-refractivity contribution < 1.29 is 19.8 Å². The molecule has 0 bridgehead atoms. The fraction of sp³-hybridized carbons (Fsp3) is 0.667. The normalized spacial score (nSPS) is 28.0. The maximum atomic E-state index is 10.4. The first-order valence-electron chi connectivity index (χ1n) is 3.27. The van der Waals surface area contributed by atoms with E-state index in [4.69, 9.17) is 10.2 Å². The van der Waals surface area contributed by atoms with Gasteiger partial charge >= 0.3 is 11.9 Å². The van der Waals surface area contributed by atoms with Crippen LogP contribution in [0.2, 0.25) is 0 Å². The van der Waals surface area contributed by atoms with Crippen LogP contribution in [-0.4, -0.2) is 34.2 Å². The highest BCUT2D eigenvalue weighted by atomic mass is 16.4. The monoisotopic (exact) mass is 159 g/mol. The minimum Gasteiger partial charge on any atom is -0.481 e. The first-order chi connectivity index (χ1) is 5.07. The van der Waals surface area contributed by atoms with Gasteiger partial charge in [0.05, 0.1) is 0 Å². The molecule has 1 aliphatic rings. The molecule has 1 atom stereocenters. The summed E-state index contributed by atoms with van der Waals surface area (Å²) in [6, 6.07) is 0. The van der Waals surface area contributed by atoms with Crippen molar-refractivity contribution in [1.29, 1.82) is 0 Å². The molecule has 1 saturated heterocycles. The number of aliphatic carboxylic acids is 2. The lowest BCUT2D eigenvalue weighted by atomic mass is 10.0. The summed E-state index contributed by atoms with van der Waals surface area (Å²) in [5.74, 6) is -1.92. The number of carboxylic acid groups (broad SMARTS) is 2. The van der Waals surface area contributed by atoms with Gasteiger partial charge in [-0.15, -0.1) is 0 Å². The number of hydrogen-bond acceptors (Lipinski definition) is 3. The van der Waals surface area contributed by atoms with E-state index in [0.717, 1.165) is 0 Å². The summed E-state index contributed by atoms with van der Waals surface area (Å²) < 4.78 is 0. The van der Waals surface area contributed by atoms with Gasteiger partial charge in [0.1, 0.15) is 5.54 Å². The Kier molecular flexibility index (Phi) is 1.82. The van der Waals surface area contributed by atoms with E-state index < -0.39 is 17.5 Å². The van der Waals surface area contributed by atoms with Crippen LogP contribution in [0.4, 0.5) is 0 Å². The van der Waals surface area contributed by atoms with Crippen LogP contribution in [0.1, 0.15) is 12.8 Å². The van der Waals surface area contributed by atoms with Crippen LogP contribution < -0.4 is 5.32 Å². The Morgan fingerprint density at radius 2 is 2.00 bits per heavy atom. The van der Waals surface area contributed by atoms with Crippen LogP contribution in [0.25, 0.3) is 0 Å². The predicted octanol–water partition coefficient (Wildman–Crippen LogP) is -0.722. The van der Waals surface area contributed by atoms with Crippen molar-refractivity contribution in [2.75, 3.05) is 6.54 Å². The topological polar surface area (TPSA) is 96.5 Å². The zero-order valence-corrected chi connectivity index (χ0v) is 5.83. The molecule has 11 heavy (non-hydrogen) atoms. The molecule has 1 rings (SSSR count). The van der Waals surface area contributed by atoms with E-state index in [0.29, 0.717) is 6.54 Å². The maximum absolute atomic E-state index is 10.4. The van der Waals surface area contributed by atoms with Crippen molar-refractivity contribution in [2.24, 2.45) is 0 Å². The van der Waals surface area contributed by atoms with Gasteiger partial charge in [0, 0.05) is 13.0 Å². The third-order valence-corrected chi connectivity index (χ3v) is 1.78. The SMILES string of the molecule is O=C(O)CCC1(C(=O)O)CN1.